The number of carbonyl (C=O) groups excluding carboxylic acids is 1. The SMILES string of the molecule is CS(=O)(=O)N1CCC(C(=O)N2CCN(S(=O)(=O)C3CC3)CC2)CC1. The van der Waals surface area contributed by atoms with E-state index in [9.17, 15) is 21.6 Å². The fourth-order valence-electron chi connectivity index (χ4n) is 3.43. The largest absolute Gasteiger partial charge is 0.340 e. The van der Waals surface area contributed by atoms with Crippen LogP contribution in [0.1, 0.15) is 25.7 Å². The van der Waals surface area contributed by atoms with Gasteiger partial charge < -0.3 is 4.90 Å². The molecule has 3 fully saturated rings. The van der Waals surface area contributed by atoms with Crippen molar-refractivity contribution < 1.29 is 21.6 Å². The summed E-state index contributed by atoms with van der Waals surface area (Å²) in [4.78, 5) is 14.3. The van der Waals surface area contributed by atoms with Gasteiger partial charge in [-0.3, -0.25) is 4.79 Å². The summed E-state index contributed by atoms with van der Waals surface area (Å²) < 4.78 is 50.4. The second kappa shape index (κ2) is 6.54. The van der Waals surface area contributed by atoms with E-state index in [1.807, 2.05) is 0 Å². The maximum atomic E-state index is 12.6. The Morgan fingerprint density at radius 3 is 1.79 bits per heavy atom. The Morgan fingerprint density at radius 2 is 1.33 bits per heavy atom. The van der Waals surface area contributed by atoms with E-state index in [1.54, 1.807) is 4.90 Å². The van der Waals surface area contributed by atoms with Crippen LogP contribution in [-0.2, 0) is 24.8 Å². The van der Waals surface area contributed by atoms with Crippen LogP contribution >= 0.6 is 0 Å². The topological polar surface area (TPSA) is 95.1 Å². The molecule has 0 aromatic rings. The molecule has 3 rings (SSSR count). The number of nitrogens with zero attached hydrogens (tertiary/aromatic N) is 3. The van der Waals surface area contributed by atoms with Gasteiger partial charge in [-0.1, -0.05) is 0 Å². The van der Waals surface area contributed by atoms with Crippen molar-refractivity contribution in [3.05, 3.63) is 0 Å². The molecule has 1 amide bonds. The molecule has 0 atom stereocenters. The van der Waals surface area contributed by atoms with Crippen LogP contribution in [0, 0.1) is 5.92 Å². The van der Waals surface area contributed by atoms with Crippen LogP contribution in [0.15, 0.2) is 0 Å². The smallest absolute Gasteiger partial charge is 0.225 e. The van der Waals surface area contributed by atoms with Crippen LogP contribution in [0.4, 0.5) is 0 Å². The van der Waals surface area contributed by atoms with Crippen LogP contribution in [-0.4, -0.2) is 87.0 Å². The van der Waals surface area contributed by atoms with Gasteiger partial charge in [0.25, 0.3) is 0 Å². The Morgan fingerprint density at radius 1 is 0.792 bits per heavy atom. The molecular formula is C14H25N3O5S2. The number of carbonyl (C=O) groups is 1. The van der Waals surface area contributed by atoms with E-state index in [-0.39, 0.29) is 17.1 Å². The lowest BCUT2D eigenvalue weighted by atomic mass is 9.96. The van der Waals surface area contributed by atoms with Gasteiger partial charge in [0.15, 0.2) is 0 Å². The average Bonchev–Trinajstić information content (AvgIpc) is 3.39. The maximum absolute atomic E-state index is 12.6. The number of hydrogen-bond acceptors (Lipinski definition) is 5. The van der Waals surface area contributed by atoms with Crippen molar-refractivity contribution in [2.75, 3.05) is 45.5 Å². The van der Waals surface area contributed by atoms with Crippen molar-refractivity contribution in [1.82, 2.24) is 13.5 Å². The molecule has 0 radical (unpaired) electrons. The van der Waals surface area contributed by atoms with Gasteiger partial charge >= 0.3 is 0 Å². The van der Waals surface area contributed by atoms with Gasteiger partial charge in [0.2, 0.25) is 26.0 Å². The van der Waals surface area contributed by atoms with Gasteiger partial charge in [0, 0.05) is 45.2 Å². The predicted octanol–water partition coefficient (Wildman–Crippen LogP) is -0.706. The molecule has 8 nitrogen and oxygen atoms in total. The first-order valence-electron chi connectivity index (χ1n) is 8.42. The Bertz CT molecular complexity index is 686. The van der Waals surface area contributed by atoms with Crippen LogP contribution in [0.25, 0.3) is 0 Å². The minimum atomic E-state index is -3.19. The van der Waals surface area contributed by atoms with Crippen LogP contribution in [0.2, 0.25) is 0 Å². The lowest BCUT2D eigenvalue weighted by molar-refractivity contribution is -0.137. The summed E-state index contributed by atoms with van der Waals surface area (Å²) >= 11 is 0. The fraction of sp³-hybridized carbons (Fsp3) is 0.929. The van der Waals surface area contributed by atoms with Gasteiger partial charge in [-0.2, -0.15) is 4.31 Å². The minimum absolute atomic E-state index is 0.0339. The first kappa shape index (κ1) is 18.1. The lowest BCUT2D eigenvalue weighted by Crippen LogP contribution is -2.53. The Kier molecular flexibility index (Phi) is 4.93. The summed E-state index contributed by atoms with van der Waals surface area (Å²) in [6, 6.07) is 0. The maximum Gasteiger partial charge on any atom is 0.225 e. The summed E-state index contributed by atoms with van der Waals surface area (Å²) in [6.45, 7) is 2.35. The molecule has 1 saturated carbocycles. The minimum Gasteiger partial charge on any atom is -0.340 e. The predicted molar refractivity (Wildman–Crippen MR) is 89.2 cm³/mol. The number of amides is 1. The van der Waals surface area contributed by atoms with E-state index < -0.39 is 20.0 Å². The highest BCUT2D eigenvalue weighted by atomic mass is 32.2. The van der Waals surface area contributed by atoms with Gasteiger partial charge in [0.1, 0.15) is 0 Å². The summed E-state index contributed by atoms with van der Waals surface area (Å²) in [7, 11) is -6.36. The molecule has 0 aromatic carbocycles. The van der Waals surface area contributed by atoms with E-state index in [0.717, 1.165) is 12.8 Å². The highest BCUT2D eigenvalue weighted by Gasteiger charge is 2.42. The van der Waals surface area contributed by atoms with Crippen molar-refractivity contribution in [3.63, 3.8) is 0 Å². The molecule has 24 heavy (non-hydrogen) atoms. The molecule has 0 unspecified atom stereocenters. The first-order valence-corrected chi connectivity index (χ1v) is 11.8. The Balaban J connectivity index is 1.51. The van der Waals surface area contributed by atoms with Crippen molar-refractivity contribution in [3.8, 4) is 0 Å². The van der Waals surface area contributed by atoms with E-state index in [4.69, 9.17) is 0 Å². The first-order chi connectivity index (χ1) is 11.2. The molecule has 2 saturated heterocycles. The third-order valence-electron chi connectivity index (χ3n) is 5.13. The van der Waals surface area contributed by atoms with Gasteiger partial charge in [-0.05, 0) is 25.7 Å². The molecular weight excluding hydrogens is 354 g/mol. The number of piperidine rings is 1. The quantitative estimate of drug-likeness (QED) is 0.643. The monoisotopic (exact) mass is 379 g/mol. The molecule has 3 aliphatic rings. The second-order valence-electron chi connectivity index (χ2n) is 6.90. The standard InChI is InChI=1S/C14H25N3O5S2/c1-23(19,20)16-6-4-12(5-7-16)14(18)15-8-10-17(11-9-15)24(21,22)13-2-3-13/h12-13H,2-11H2,1H3. The van der Waals surface area contributed by atoms with Crippen molar-refractivity contribution in [1.29, 1.82) is 0 Å². The van der Waals surface area contributed by atoms with Crippen molar-refractivity contribution in [2.45, 2.75) is 30.9 Å². The lowest BCUT2D eigenvalue weighted by Gasteiger charge is -2.37. The molecule has 0 spiro atoms. The number of sulfonamides is 2. The van der Waals surface area contributed by atoms with Crippen molar-refractivity contribution >= 4 is 26.0 Å². The molecule has 0 aromatic heterocycles. The number of piperazine rings is 1. The van der Waals surface area contributed by atoms with E-state index >= 15 is 0 Å². The normalized spacial score (nSPS) is 25.8. The van der Waals surface area contributed by atoms with Crippen LogP contribution in [0.3, 0.4) is 0 Å². The third kappa shape index (κ3) is 3.76. The third-order valence-corrected chi connectivity index (χ3v) is 8.83. The van der Waals surface area contributed by atoms with Gasteiger partial charge in [0.05, 0.1) is 11.5 Å². The summed E-state index contributed by atoms with van der Waals surface area (Å²) in [5, 5.41) is -0.208. The van der Waals surface area contributed by atoms with E-state index in [2.05, 4.69) is 0 Å². The zero-order chi connectivity index (χ0) is 17.5. The highest BCUT2D eigenvalue weighted by molar-refractivity contribution is 7.90. The van der Waals surface area contributed by atoms with Crippen molar-refractivity contribution in [2.24, 2.45) is 5.92 Å². The molecule has 0 N–H and O–H groups in total. The second-order valence-corrected chi connectivity index (χ2v) is 11.1. The average molecular weight is 380 g/mol. The molecule has 1 aliphatic carbocycles. The molecule has 2 heterocycles. The van der Waals surface area contributed by atoms with Gasteiger partial charge in [-0.15, -0.1) is 0 Å². The number of hydrogen-bond donors (Lipinski definition) is 0. The zero-order valence-electron chi connectivity index (χ0n) is 13.9. The van der Waals surface area contributed by atoms with Crippen LogP contribution < -0.4 is 0 Å². The highest BCUT2D eigenvalue weighted by Crippen LogP contribution is 2.31. The number of rotatable bonds is 4. The van der Waals surface area contributed by atoms with Crippen LogP contribution in [0.5, 0.6) is 0 Å². The summed E-state index contributed by atoms with van der Waals surface area (Å²) in [6.07, 6.45) is 3.76. The molecule has 10 heteroatoms. The molecule has 138 valence electrons. The molecule has 2 aliphatic heterocycles. The zero-order valence-corrected chi connectivity index (χ0v) is 15.6. The Hall–Kier alpha value is -0.710. The van der Waals surface area contributed by atoms with E-state index in [1.165, 1.54) is 14.9 Å². The van der Waals surface area contributed by atoms with Gasteiger partial charge in [-0.25, -0.2) is 21.1 Å². The summed E-state index contributed by atoms with van der Waals surface area (Å²) in [5.74, 6) is -0.124. The molecule has 0 bridgehead atoms. The van der Waals surface area contributed by atoms with E-state index in [0.29, 0.717) is 52.1 Å². The Labute approximate surface area is 143 Å². The fourth-order valence-corrected chi connectivity index (χ4v) is 6.13. The summed E-state index contributed by atoms with van der Waals surface area (Å²) in [5.41, 5.74) is 0.